The Labute approximate surface area is 142 Å². The van der Waals surface area contributed by atoms with Crippen molar-refractivity contribution in [2.24, 2.45) is 5.92 Å². The van der Waals surface area contributed by atoms with E-state index < -0.39 is 13.3 Å². The Morgan fingerprint density at radius 1 is 1.12 bits per heavy atom. The van der Waals surface area contributed by atoms with Gasteiger partial charge >= 0.3 is 58.4 Å². The Morgan fingerprint density at radius 3 is 2.24 bits per heavy atom. The van der Waals surface area contributed by atoms with Crippen LogP contribution in [0.15, 0.2) is 30.3 Å². The van der Waals surface area contributed by atoms with Crippen molar-refractivity contribution in [3.05, 3.63) is 35.9 Å². The van der Waals surface area contributed by atoms with Gasteiger partial charge in [-0.05, 0) is 24.6 Å². The molecule has 1 aromatic carbocycles. The molecule has 1 aliphatic heterocycles. The van der Waals surface area contributed by atoms with Crippen molar-refractivity contribution >= 4 is 6.98 Å². The average molecular weight is 267 g/mol. The predicted molar refractivity (Wildman–Crippen MR) is 59.1 cm³/mol. The minimum Gasteiger partial charge on any atom is -0.449 e. The van der Waals surface area contributed by atoms with Gasteiger partial charge in [-0.25, -0.2) is 0 Å². The van der Waals surface area contributed by atoms with E-state index in [1.54, 1.807) is 0 Å². The number of nitrogens with zero attached hydrogens (tertiary/aromatic N) is 1. The molecule has 2 rings (SSSR count). The van der Waals surface area contributed by atoms with Gasteiger partial charge in [-0.1, -0.05) is 36.7 Å². The summed E-state index contributed by atoms with van der Waals surface area (Å²) in [6.45, 7) is -2.68. The van der Waals surface area contributed by atoms with Crippen LogP contribution in [0, 0.1) is 5.92 Å². The molecule has 0 N–H and O–H groups in total. The molecule has 0 unspecified atom stereocenters. The molecule has 17 heavy (non-hydrogen) atoms. The molecule has 1 saturated heterocycles. The van der Waals surface area contributed by atoms with Gasteiger partial charge in [0.25, 0.3) is 0 Å². The topological polar surface area (TPSA) is 3.24 Å². The SMILES string of the molecule is F[B-](F)(F)CC1CN(Cc2ccccc2)C1.[K+]. The zero-order valence-electron chi connectivity index (χ0n) is 9.95. The van der Waals surface area contributed by atoms with Crippen molar-refractivity contribution in [1.82, 2.24) is 4.90 Å². The van der Waals surface area contributed by atoms with E-state index in [1.165, 1.54) is 5.56 Å². The quantitative estimate of drug-likeness (QED) is 0.692. The molecule has 0 atom stereocenters. The third-order valence-electron chi connectivity index (χ3n) is 2.88. The van der Waals surface area contributed by atoms with Gasteiger partial charge in [0.1, 0.15) is 0 Å². The smallest absolute Gasteiger partial charge is 0.449 e. The fourth-order valence-corrected chi connectivity index (χ4v) is 2.17. The summed E-state index contributed by atoms with van der Waals surface area (Å²) >= 11 is 0. The summed E-state index contributed by atoms with van der Waals surface area (Å²) < 4.78 is 36.4. The van der Waals surface area contributed by atoms with Crippen molar-refractivity contribution < 1.29 is 64.3 Å². The molecule has 0 radical (unpaired) electrons. The molecule has 0 spiro atoms. The number of hydrogen-bond donors (Lipinski definition) is 0. The molecule has 6 heteroatoms. The van der Waals surface area contributed by atoms with Crippen LogP contribution in [0.2, 0.25) is 6.32 Å². The third kappa shape index (κ3) is 5.45. The fourth-order valence-electron chi connectivity index (χ4n) is 2.17. The number of halogens is 3. The van der Waals surface area contributed by atoms with E-state index in [-0.39, 0.29) is 57.3 Å². The van der Waals surface area contributed by atoms with E-state index in [1.807, 2.05) is 30.3 Å². The molecule has 0 amide bonds. The number of hydrogen-bond acceptors (Lipinski definition) is 1. The number of benzene rings is 1. The van der Waals surface area contributed by atoms with Gasteiger partial charge in [0.15, 0.2) is 0 Å². The Bertz CT molecular complexity index is 338. The largest absolute Gasteiger partial charge is 1.00 e. The molecule has 1 nitrogen and oxygen atoms in total. The second-order valence-electron chi connectivity index (χ2n) is 4.49. The molecular formula is C11H14BF3KN. The molecule has 0 saturated carbocycles. The van der Waals surface area contributed by atoms with Gasteiger partial charge in [0.05, 0.1) is 0 Å². The second kappa shape index (κ2) is 6.73. The van der Waals surface area contributed by atoms with Crippen LogP contribution in [0.1, 0.15) is 5.56 Å². The van der Waals surface area contributed by atoms with Gasteiger partial charge in [-0.15, -0.1) is 0 Å². The molecule has 0 bridgehead atoms. The standard InChI is InChI=1S/C11H14BF3N.K/c13-12(14,15)6-11-8-16(9-11)7-10-4-2-1-3-5-10;/h1-5,11H,6-9H2;/q-1;+1. The first kappa shape index (κ1) is 15.7. The first-order valence-electron chi connectivity index (χ1n) is 5.50. The first-order valence-corrected chi connectivity index (χ1v) is 5.50. The maximum absolute atomic E-state index is 12.1. The van der Waals surface area contributed by atoms with Crippen molar-refractivity contribution in [2.75, 3.05) is 13.1 Å². The molecular weight excluding hydrogens is 253 g/mol. The van der Waals surface area contributed by atoms with Crippen molar-refractivity contribution in [1.29, 1.82) is 0 Å². The molecule has 1 aromatic rings. The maximum atomic E-state index is 12.1. The van der Waals surface area contributed by atoms with Crippen LogP contribution in [0.5, 0.6) is 0 Å². The summed E-state index contributed by atoms with van der Waals surface area (Å²) in [7, 11) is 0. The van der Waals surface area contributed by atoms with E-state index in [4.69, 9.17) is 0 Å². The van der Waals surface area contributed by atoms with E-state index in [0.29, 0.717) is 13.1 Å². The van der Waals surface area contributed by atoms with Crippen molar-refractivity contribution in [3.63, 3.8) is 0 Å². The Hall–Kier alpha value is 0.671. The molecule has 1 heterocycles. The van der Waals surface area contributed by atoms with E-state index in [9.17, 15) is 12.9 Å². The number of rotatable bonds is 4. The molecule has 0 aromatic heterocycles. The van der Waals surface area contributed by atoms with E-state index >= 15 is 0 Å². The second-order valence-corrected chi connectivity index (χ2v) is 4.49. The van der Waals surface area contributed by atoms with Crippen molar-refractivity contribution in [2.45, 2.75) is 12.9 Å². The third-order valence-corrected chi connectivity index (χ3v) is 2.88. The van der Waals surface area contributed by atoms with Gasteiger partial charge in [-0.2, -0.15) is 0 Å². The van der Waals surface area contributed by atoms with E-state index in [2.05, 4.69) is 4.90 Å². The van der Waals surface area contributed by atoms with Crippen molar-refractivity contribution in [3.8, 4) is 0 Å². The molecule has 88 valence electrons. The monoisotopic (exact) mass is 267 g/mol. The zero-order chi connectivity index (χ0) is 11.6. The van der Waals surface area contributed by atoms with Crippen LogP contribution in [-0.4, -0.2) is 25.0 Å². The zero-order valence-corrected chi connectivity index (χ0v) is 13.1. The van der Waals surface area contributed by atoms with Crippen LogP contribution < -0.4 is 51.4 Å². The van der Waals surface area contributed by atoms with Gasteiger partial charge in [-0.3, -0.25) is 4.90 Å². The summed E-state index contributed by atoms with van der Waals surface area (Å²) in [6, 6.07) is 9.84. The Balaban J connectivity index is 0.00000144. The van der Waals surface area contributed by atoms with Crippen LogP contribution >= 0.6 is 0 Å². The summed E-state index contributed by atoms with van der Waals surface area (Å²) in [4.78, 5) is 2.06. The van der Waals surface area contributed by atoms with Crippen LogP contribution in [0.3, 0.4) is 0 Å². The van der Waals surface area contributed by atoms with Gasteiger partial charge in [0.2, 0.25) is 0 Å². The van der Waals surface area contributed by atoms with Crippen LogP contribution in [-0.2, 0) is 6.54 Å². The first-order chi connectivity index (χ1) is 7.53. The minimum atomic E-state index is -4.61. The summed E-state index contributed by atoms with van der Waals surface area (Å²) in [5, 5.41) is 0. The predicted octanol–water partition coefficient (Wildman–Crippen LogP) is -0.0302. The summed E-state index contributed by atoms with van der Waals surface area (Å²) in [5.74, 6) is -0.177. The number of likely N-dealkylation sites (tertiary alicyclic amines) is 1. The summed E-state index contributed by atoms with van der Waals surface area (Å²) in [5.41, 5.74) is 1.17. The van der Waals surface area contributed by atoms with Crippen LogP contribution in [0.25, 0.3) is 0 Å². The van der Waals surface area contributed by atoms with Gasteiger partial charge in [0, 0.05) is 6.54 Å². The van der Waals surface area contributed by atoms with Crippen LogP contribution in [0.4, 0.5) is 12.9 Å². The minimum absolute atomic E-state index is 0. The Morgan fingerprint density at radius 2 is 1.71 bits per heavy atom. The fraction of sp³-hybridized carbons (Fsp3) is 0.455. The van der Waals surface area contributed by atoms with E-state index in [0.717, 1.165) is 6.54 Å². The Kier molecular flexibility index (Phi) is 6.22. The molecule has 0 aliphatic carbocycles. The van der Waals surface area contributed by atoms with Gasteiger partial charge < -0.3 is 12.9 Å². The maximum Gasteiger partial charge on any atom is 1.00 e. The molecule has 1 aliphatic rings. The average Bonchev–Trinajstić information content (AvgIpc) is 2.14. The molecule has 1 fully saturated rings. The normalized spacial score (nSPS) is 17.4. The summed E-state index contributed by atoms with van der Waals surface area (Å²) in [6.07, 6.45) is -0.578.